The molecule has 2 amide bonds. The summed E-state index contributed by atoms with van der Waals surface area (Å²) in [4.78, 5) is 34.8. The van der Waals surface area contributed by atoms with Crippen LogP contribution in [0.3, 0.4) is 0 Å². The molecule has 0 aromatic heterocycles. The number of methoxy groups -OCH3 is 1. The van der Waals surface area contributed by atoms with E-state index < -0.39 is 30.1 Å². The molecule has 21 heavy (non-hydrogen) atoms. The number of nitrogens with zero attached hydrogens (tertiary/aromatic N) is 1. The SMILES string of the molecule is COc1ccc(/C=C2\CC(=O)N(CC(=O)O)C2=O)cc1F. The van der Waals surface area contributed by atoms with E-state index in [-0.39, 0.29) is 17.7 Å². The van der Waals surface area contributed by atoms with Crippen molar-refractivity contribution in [3.05, 3.63) is 35.2 Å². The number of aliphatic carboxylic acids is 1. The van der Waals surface area contributed by atoms with Crippen molar-refractivity contribution in [3.63, 3.8) is 0 Å². The van der Waals surface area contributed by atoms with Crippen molar-refractivity contribution in [1.82, 2.24) is 4.90 Å². The smallest absolute Gasteiger partial charge is 0.323 e. The minimum absolute atomic E-state index is 0.0680. The first-order chi connectivity index (χ1) is 9.92. The minimum Gasteiger partial charge on any atom is -0.494 e. The minimum atomic E-state index is -1.27. The van der Waals surface area contributed by atoms with Gasteiger partial charge in [0.2, 0.25) is 5.91 Å². The van der Waals surface area contributed by atoms with E-state index >= 15 is 0 Å². The Bertz CT molecular complexity index is 653. The van der Waals surface area contributed by atoms with Crippen LogP contribution in [0.15, 0.2) is 23.8 Å². The number of rotatable bonds is 4. The third kappa shape index (κ3) is 3.07. The molecule has 7 heteroatoms. The van der Waals surface area contributed by atoms with E-state index in [9.17, 15) is 18.8 Å². The van der Waals surface area contributed by atoms with Crippen LogP contribution in [-0.4, -0.2) is 41.4 Å². The van der Waals surface area contributed by atoms with Gasteiger partial charge in [0.1, 0.15) is 6.54 Å². The maximum absolute atomic E-state index is 13.6. The van der Waals surface area contributed by atoms with E-state index in [2.05, 4.69) is 0 Å². The van der Waals surface area contributed by atoms with Gasteiger partial charge in [0.15, 0.2) is 11.6 Å². The molecule has 110 valence electrons. The molecular formula is C14H12FNO5. The Hall–Kier alpha value is -2.70. The Kier molecular flexibility index (Phi) is 4.02. The van der Waals surface area contributed by atoms with Crippen LogP contribution in [0.2, 0.25) is 0 Å². The van der Waals surface area contributed by atoms with E-state index in [1.165, 1.54) is 31.4 Å². The Balaban J connectivity index is 2.26. The van der Waals surface area contributed by atoms with Crippen molar-refractivity contribution in [1.29, 1.82) is 0 Å². The van der Waals surface area contributed by atoms with Crippen LogP contribution in [0.25, 0.3) is 6.08 Å². The molecule has 0 bridgehead atoms. The lowest BCUT2D eigenvalue weighted by Crippen LogP contribution is -2.34. The average molecular weight is 293 g/mol. The fourth-order valence-electron chi connectivity index (χ4n) is 2.00. The first-order valence-corrected chi connectivity index (χ1v) is 6.03. The number of amides is 2. The summed E-state index contributed by atoms with van der Waals surface area (Å²) in [6.07, 6.45) is 1.17. The van der Waals surface area contributed by atoms with Gasteiger partial charge in [-0.1, -0.05) is 6.07 Å². The van der Waals surface area contributed by atoms with Crippen molar-refractivity contribution in [2.24, 2.45) is 0 Å². The summed E-state index contributed by atoms with van der Waals surface area (Å²) in [7, 11) is 1.33. The largest absolute Gasteiger partial charge is 0.494 e. The molecular weight excluding hydrogens is 281 g/mol. The predicted octanol–water partition coefficient (Wildman–Crippen LogP) is 1.06. The Morgan fingerprint density at radius 3 is 2.76 bits per heavy atom. The standard InChI is InChI=1S/C14H12FNO5/c1-21-11-3-2-8(5-10(11)15)4-9-6-12(17)16(14(9)20)7-13(18)19/h2-5H,6-7H2,1H3,(H,18,19)/b9-4+. The number of carboxylic acid groups (broad SMARTS) is 1. The molecule has 0 radical (unpaired) electrons. The van der Waals surface area contributed by atoms with Gasteiger partial charge in [-0.2, -0.15) is 0 Å². The van der Waals surface area contributed by atoms with Gasteiger partial charge in [0.25, 0.3) is 5.91 Å². The summed E-state index contributed by atoms with van der Waals surface area (Å²) in [5, 5.41) is 8.65. The van der Waals surface area contributed by atoms with Crippen LogP contribution < -0.4 is 4.74 Å². The number of hydrogen-bond donors (Lipinski definition) is 1. The van der Waals surface area contributed by atoms with Crippen LogP contribution in [0.5, 0.6) is 5.75 Å². The van der Waals surface area contributed by atoms with Crippen molar-refractivity contribution >= 4 is 23.9 Å². The van der Waals surface area contributed by atoms with Crippen molar-refractivity contribution in [2.75, 3.05) is 13.7 Å². The summed E-state index contributed by atoms with van der Waals surface area (Å²) in [6, 6.07) is 4.11. The molecule has 1 aliphatic rings. The second-order valence-electron chi connectivity index (χ2n) is 4.42. The Morgan fingerprint density at radius 2 is 2.19 bits per heavy atom. The van der Waals surface area contributed by atoms with Crippen molar-refractivity contribution in [2.45, 2.75) is 6.42 Å². The van der Waals surface area contributed by atoms with Gasteiger partial charge in [-0.3, -0.25) is 19.3 Å². The molecule has 0 saturated carbocycles. The summed E-state index contributed by atoms with van der Waals surface area (Å²) < 4.78 is 18.3. The van der Waals surface area contributed by atoms with Gasteiger partial charge < -0.3 is 9.84 Å². The lowest BCUT2D eigenvalue weighted by molar-refractivity contribution is -0.148. The lowest BCUT2D eigenvalue weighted by atomic mass is 10.1. The number of carboxylic acids is 1. The normalized spacial score (nSPS) is 16.7. The van der Waals surface area contributed by atoms with E-state index in [1.807, 2.05) is 0 Å². The highest BCUT2D eigenvalue weighted by molar-refractivity contribution is 6.16. The topological polar surface area (TPSA) is 83.9 Å². The highest BCUT2D eigenvalue weighted by Crippen LogP contribution is 2.24. The zero-order chi connectivity index (χ0) is 15.6. The van der Waals surface area contributed by atoms with E-state index in [1.54, 1.807) is 0 Å². The van der Waals surface area contributed by atoms with Gasteiger partial charge in [-0.25, -0.2) is 4.39 Å². The highest BCUT2D eigenvalue weighted by Gasteiger charge is 2.34. The summed E-state index contributed by atoms with van der Waals surface area (Å²) in [5.74, 6) is -3.04. The molecule has 1 aromatic rings. The number of carbonyl (C=O) groups excluding carboxylic acids is 2. The fraction of sp³-hybridized carbons (Fsp3) is 0.214. The van der Waals surface area contributed by atoms with Gasteiger partial charge in [0.05, 0.1) is 13.5 Å². The first kappa shape index (κ1) is 14.7. The van der Waals surface area contributed by atoms with Crippen LogP contribution in [0.1, 0.15) is 12.0 Å². The molecule has 1 aromatic carbocycles. The van der Waals surface area contributed by atoms with Crippen LogP contribution in [-0.2, 0) is 14.4 Å². The molecule has 1 saturated heterocycles. The summed E-state index contributed by atoms with van der Waals surface area (Å²) in [5.41, 5.74) is 0.521. The van der Waals surface area contributed by atoms with E-state index in [4.69, 9.17) is 9.84 Å². The van der Waals surface area contributed by atoms with Gasteiger partial charge in [-0.05, 0) is 23.8 Å². The van der Waals surface area contributed by atoms with Crippen LogP contribution >= 0.6 is 0 Å². The Labute approximate surface area is 119 Å². The van der Waals surface area contributed by atoms with E-state index in [0.29, 0.717) is 10.5 Å². The maximum atomic E-state index is 13.6. The third-order valence-electron chi connectivity index (χ3n) is 2.97. The maximum Gasteiger partial charge on any atom is 0.323 e. The third-order valence-corrected chi connectivity index (χ3v) is 2.97. The quantitative estimate of drug-likeness (QED) is 0.663. The molecule has 1 fully saturated rings. The summed E-state index contributed by atoms with van der Waals surface area (Å²) in [6.45, 7) is -0.675. The van der Waals surface area contributed by atoms with Gasteiger partial charge in [0, 0.05) is 5.57 Å². The summed E-state index contributed by atoms with van der Waals surface area (Å²) >= 11 is 0. The number of likely N-dealkylation sites (tertiary alicyclic amines) is 1. The van der Waals surface area contributed by atoms with Gasteiger partial charge >= 0.3 is 5.97 Å². The number of hydrogen-bond acceptors (Lipinski definition) is 4. The lowest BCUT2D eigenvalue weighted by Gasteiger charge is -2.09. The Morgan fingerprint density at radius 1 is 1.48 bits per heavy atom. The zero-order valence-electron chi connectivity index (χ0n) is 11.1. The molecule has 6 nitrogen and oxygen atoms in total. The number of carbonyl (C=O) groups is 3. The number of halogens is 1. The molecule has 1 aliphatic heterocycles. The first-order valence-electron chi connectivity index (χ1n) is 6.03. The molecule has 2 rings (SSSR count). The molecule has 0 atom stereocenters. The number of imide groups is 1. The van der Waals surface area contributed by atoms with E-state index in [0.717, 1.165) is 0 Å². The van der Waals surface area contributed by atoms with Crippen LogP contribution in [0, 0.1) is 5.82 Å². The monoisotopic (exact) mass is 293 g/mol. The average Bonchev–Trinajstić information content (AvgIpc) is 2.66. The molecule has 0 spiro atoms. The van der Waals surface area contributed by atoms with Crippen LogP contribution in [0.4, 0.5) is 4.39 Å². The molecule has 0 unspecified atom stereocenters. The number of benzene rings is 1. The van der Waals surface area contributed by atoms with Gasteiger partial charge in [-0.15, -0.1) is 0 Å². The predicted molar refractivity (Wildman–Crippen MR) is 69.9 cm³/mol. The zero-order valence-corrected chi connectivity index (χ0v) is 11.1. The highest BCUT2D eigenvalue weighted by atomic mass is 19.1. The molecule has 1 N–H and O–H groups in total. The fourth-order valence-corrected chi connectivity index (χ4v) is 2.00. The second kappa shape index (κ2) is 5.74. The molecule has 0 aliphatic carbocycles. The number of ether oxygens (including phenoxy) is 1. The second-order valence-corrected chi connectivity index (χ2v) is 4.42. The van der Waals surface area contributed by atoms with Crippen molar-refractivity contribution in [3.8, 4) is 5.75 Å². The molecule has 1 heterocycles. The van der Waals surface area contributed by atoms with Crippen molar-refractivity contribution < 1.29 is 28.6 Å².